The van der Waals surface area contributed by atoms with E-state index in [0.717, 1.165) is 25.9 Å². The first kappa shape index (κ1) is 11.0. The molecule has 0 bridgehead atoms. The van der Waals surface area contributed by atoms with E-state index in [-0.39, 0.29) is 5.82 Å². The Kier molecular flexibility index (Phi) is 3.15. The third-order valence-corrected chi connectivity index (χ3v) is 3.27. The molecule has 0 saturated carbocycles. The summed E-state index contributed by atoms with van der Waals surface area (Å²) in [6, 6.07) is 2.04. The molecule has 5 nitrogen and oxygen atoms in total. The van der Waals surface area contributed by atoms with Gasteiger partial charge in [0, 0.05) is 13.1 Å². The highest BCUT2D eigenvalue weighted by atomic mass is 32.2. The van der Waals surface area contributed by atoms with Gasteiger partial charge in [-0.25, -0.2) is 4.98 Å². The number of hydrogen-bond donors (Lipinski definition) is 1. The van der Waals surface area contributed by atoms with Crippen molar-refractivity contribution < 1.29 is 0 Å². The van der Waals surface area contributed by atoms with Crippen molar-refractivity contribution in [1.82, 2.24) is 9.97 Å². The van der Waals surface area contributed by atoms with Crippen LogP contribution in [0, 0.1) is 11.3 Å². The van der Waals surface area contributed by atoms with E-state index < -0.39 is 0 Å². The average molecular weight is 235 g/mol. The number of anilines is 2. The van der Waals surface area contributed by atoms with E-state index in [4.69, 9.17) is 11.0 Å². The first-order valence-electron chi connectivity index (χ1n) is 5.13. The van der Waals surface area contributed by atoms with Gasteiger partial charge in [-0.1, -0.05) is 0 Å². The Morgan fingerprint density at radius 1 is 1.38 bits per heavy atom. The average Bonchev–Trinajstić information content (AvgIpc) is 2.81. The molecule has 6 heteroatoms. The molecule has 1 saturated heterocycles. The van der Waals surface area contributed by atoms with E-state index in [1.807, 2.05) is 12.3 Å². The summed E-state index contributed by atoms with van der Waals surface area (Å²) in [7, 11) is 0. The molecule has 0 aromatic carbocycles. The van der Waals surface area contributed by atoms with Crippen LogP contribution in [0.15, 0.2) is 5.03 Å². The number of nitriles is 1. The summed E-state index contributed by atoms with van der Waals surface area (Å²) in [5.41, 5.74) is 6.15. The zero-order valence-corrected chi connectivity index (χ0v) is 9.92. The van der Waals surface area contributed by atoms with Gasteiger partial charge in [-0.2, -0.15) is 10.2 Å². The molecule has 2 heterocycles. The molecule has 1 fully saturated rings. The fourth-order valence-electron chi connectivity index (χ4n) is 1.76. The lowest BCUT2D eigenvalue weighted by Crippen LogP contribution is -2.21. The highest BCUT2D eigenvalue weighted by molar-refractivity contribution is 7.98. The predicted octanol–water partition coefficient (Wildman–Crippen LogP) is 1.25. The molecule has 0 unspecified atom stereocenters. The minimum atomic E-state index is 0.281. The minimum Gasteiger partial charge on any atom is -0.382 e. The molecule has 2 N–H and O–H groups in total. The van der Waals surface area contributed by atoms with Gasteiger partial charge in [0.05, 0.1) is 0 Å². The van der Waals surface area contributed by atoms with Gasteiger partial charge in [-0.3, -0.25) is 0 Å². The van der Waals surface area contributed by atoms with E-state index in [2.05, 4.69) is 14.9 Å². The normalized spacial score (nSPS) is 15.1. The highest BCUT2D eigenvalue weighted by Gasteiger charge is 2.18. The van der Waals surface area contributed by atoms with E-state index >= 15 is 0 Å². The summed E-state index contributed by atoms with van der Waals surface area (Å²) < 4.78 is 0. The van der Waals surface area contributed by atoms with E-state index in [0.29, 0.717) is 16.5 Å². The predicted molar refractivity (Wildman–Crippen MR) is 64.4 cm³/mol. The SMILES string of the molecule is CSc1nc(N2CCCC2)nc(N)c1C#N. The summed E-state index contributed by atoms with van der Waals surface area (Å²) in [4.78, 5) is 10.7. The Labute approximate surface area is 98.7 Å². The number of rotatable bonds is 2. The van der Waals surface area contributed by atoms with Gasteiger partial charge in [-0.05, 0) is 19.1 Å². The Balaban J connectivity index is 2.41. The van der Waals surface area contributed by atoms with Crippen molar-refractivity contribution in [3.63, 3.8) is 0 Å². The second-order valence-electron chi connectivity index (χ2n) is 3.60. The summed E-state index contributed by atoms with van der Waals surface area (Å²) in [6.07, 6.45) is 4.21. The Morgan fingerprint density at radius 3 is 2.62 bits per heavy atom. The Bertz CT molecular complexity index is 434. The lowest BCUT2D eigenvalue weighted by atomic mass is 10.3. The Hall–Kier alpha value is -1.48. The first-order valence-corrected chi connectivity index (χ1v) is 6.35. The fraction of sp³-hybridized carbons (Fsp3) is 0.500. The number of nitrogens with two attached hydrogens (primary N) is 1. The molecular weight excluding hydrogens is 222 g/mol. The fourth-order valence-corrected chi connectivity index (χ4v) is 2.28. The van der Waals surface area contributed by atoms with Crippen molar-refractivity contribution in [2.75, 3.05) is 30.0 Å². The second-order valence-corrected chi connectivity index (χ2v) is 4.39. The third-order valence-electron chi connectivity index (χ3n) is 2.59. The molecule has 0 amide bonds. The number of thioether (sulfide) groups is 1. The maximum Gasteiger partial charge on any atom is 0.228 e. The van der Waals surface area contributed by atoms with E-state index in [1.54, 1.807) is 0 Å². The monoisotopic (exact) mass is 235 g/mol. The first-order chi connectivity index (χ1) is 7.76. The maximum absolute atomic E-state index is 8.95. The van der Waals surface area contributed by atoms with Gasteiger partial charge in [0.1, 0.15) is 22.5 Å². The van der Waals surface area contributed by atoms with E-state index in [1.165, 1.54) is 11.8 Å². The molecule has 84 valence electrons. The van der Waals surface area contributed by atoms with Crippen molar-refractivity contribution >= 4 is 23.5 Å². The summed E-state index contributed by atoms with van der Waals surface area (Å²) in [6.45, 7) is 1.94. The topological polar surface area (TPSA) is 78.8 Å². The van der Waals surface area contributed by atoms with Crippen LogP contribution in [-0.4, -0.2) is 29.3 Å². The van der Waals surface area contributed by atoms with Crippen LogP contribution in [0.1, 0.15) is 18.4 Å². The van der Waals surface area contributed by atoms with Crippen LogP contribution < -0.4 is 10.6 Å². The number of nitrogen functional groups attached to an aromatic ring is 1. The quantitative estimate of drug-likeness (QED) is 0.614. The molecule has 0 atom stereocenters. The van der Waals surface area contributed by atoms with Crippen LogP contribution in [0.2, 0.25) is 0 Å². The van der Waals surface area contributed by atoms with Gasteiger partial charge in [0.15, 0.2) is 0 Å². The van der Waals surface area contributed by atoms with Crippen LogP contribution >= 0.6 is 11.8 Å². The molecule has 2 rings (SSSR count). The summed E-state index contributed by atoms with van der Waals surface area (Å²) >= 11 is 1.43. The standard InChI is InChI=1S/C10H13N5S/c1-16-9-7(6-11)8(12)13-10(14-9)15-4-2-3-5-15/h2-5H2,1H3,(H2,12,13,14). The van der Waals surface area contributed by atoms with Gasteiger partial charge >= 0.3 is 0 Å². The smallest absolute Gasteiger partial charge is 0.228 e. The zero-order chi connectivity index (χ0) is 11.5. The maximum atomic E-state index is 8.95. The minimum absolute atomic E-state index is 0.281. The van der Waals surface area contributed by atoms with Gasteiger partial charge in [0.2, 0.25) is 5.95 Å². The van der Waals surface area contributed by atoms with Gasteiger partial charge < -0.3 is 10.6 Å². The Morgan fingerprint density at radius 2 is 2.06 bits per heavy atom. The third kappa shape index (κ3) is 1.91. The lowest BCUT2D eigenvalue weighted by Gasteiger charge is -2.16. The van der Waals surface area contributed by atoms with Crippen molar-refractivity contribution in [3.05, 3.63) is 5.56 Å². The lowest BCUT2D eigenvalue weighted by molar-refractivity contribution is 0.874. The molecule has 0 spiro atoms. The van der Waals surface area contributed by atoms with Crippen LogP contribution in [0.5, 0.6) is 0 Å². The molecule has 16 heavy (non-hydrogen) atoms. The number of hydrogen-bond acceptors (Lipinski definition) is 6. The molecule has 0 aliphatic carbocycles. The zero-order valence-electron chi connectivity index (χ0n) is 9.10. The molecular formula is C10H13N5S. The van der Waals surface area contributed by atoms with Crippen LogP contribution in [0.4, 0.5) is 11.8 Å². The van der Waals surface area contributed by atoms with Crippen LogP contribution in [0.3, 0.4) is 0 Å². The highest BCUT2D eigenvalue weighted by Crippen LogP contribution is 2.25. The van der Waals surface area contributed by atoms with Crippen LogP contribution in [0.25, 0.3) is 0 Å². The molecule has 1 aliphatic heterocycles. The van der Waals surface area contributed by atoms with E-state index in [9.17, 15) is 0 Å². The molecule has 1 aromatic heterocycles. The summed E-state index contributed by atoms with van der Waals surface area (Å²) in [5, 5.41) is 9.61. The van der Waals surface area contributed by atoms with Crippen molar-refractivity contribution in [3.8, 4) is 6.07 Å². The molecule has 1 aromatic rings. The molecule has 1 aliphatic rings. The number of nitrogens with zero attached hydrogens (tertiary/aromatic N) is 4. The number of aromatic nitrogens is 2. The van der Waals surface area contributed by atoms with Crippen molar-refractivity contribution in [2.45, 2.75) is 17.9 Å². The molecule has 0 radical (unpaired) electrons. The largest absolute Gasteiger partial charge is 0.382 e. The summed E-state index contributed by atoms with van der Waals surface area (Å²) in [5.74, 6) is 0.933. The van der Waals surface area contributed by atoms with Gasteiger partial charge in [-0.15, -0.1) is 11.8 Å². The second kappa shape index (κ2) is 4.58. The van der Waals surface area contributed by atoms with Gasteiger partial charge in [0.25, 0.3) is 0 Å². The van der Waals surface area contributed by atoms with Crippen molar-refractivity contribution in [2.24, 2.45) is 0 Å². The van der Waals surface area contributed by atoms with Crippen LogP contribution in [-0.2, 0) is 0 Å². The van der Waals surface area contributed by atoms with Crippen molar-refractivity contribution in [1.29, 1.82) is 5.26 Å².